The van der Waals surface area contributed by atoms with Gasteiger partial charge in [-0.1, -0.05) is 19.3 Å². The number of piperidine rings is 1. The van der Waals surface area contributed by atoms with Crippen LogP contribution in [0.3, 0.4) is 0 Å². The van der Waals surface area contributed by atoms with Crippen molar-refractivity contribution in [2.45, 2.75) is 64.0 Å². The highest BCUT2D eigenvalue weighted by Crippen LogP contribution is 2.31. The van der Waals surface area contributed by atoms with E-state index < -0.39 is 0 Å². The molecule has 2 aliphatic rings. The third kappa shape index (κ3) is 3.69. The molecule has 4 heteroatoms. The maximum Gasteiger partial charge on any atom is 0.323 e. The van der Waals surface area contributed by atoms with Gasteiger partial charge in [0.1, 0.15) is 6.04 Å². The summed E-state index contributed by atoms with van der Waals surface area (Å²) in [6, 6.07) is -0.226. The third-order valence-corrected chi connectivity index (χ3v) is 4.50. The highest BCUT2D eigenvalue weighted by atomic mass is 16.5. The summed E-state index contributed by atoms with van der Waals surface area (Å²) in [5, 5.41) is 10.3. The minimum Gasteiger partial charge on any atom is -0.465 e. The summed E-state index contributed by atoms with van der Waals surface area (Å²) in [5.74, 6) is -0.0683. The Morgan fingerprint density at radius 1 is 1.21 bits per heavy atom. The van der Waals surface area contributed by atoms with Crippen LogP contribution in [0.25, 0.3) is 0 Å². The van der Waals surface area contributed by atoms with Crippen LogP contribution in [0.1, 0.15) is 51.9 Å². The average molecular weight is 269 g/mol. The molecule has 1 aliphatic carbocycles. The molecule has 0 aromatic heterocycles. The molecule has 0 aromatic carbocycles. The number of hydrogen-bond donors (Lipinski definition) is 1. The number of aliphatic hydroxyl groups is 1. The van der Waals surface area contributed by atoms with Crippen LogP contribution in [-0.4, -0.2) is 47.8 Å². The summed E-state index contributed by atoms with van der Waals surface area (Å²) in [5.41, 5.74) is 0. The fourth-order valence-electron chi connectivity index (χ4n) is 3.53. The van der Waals surface area contributed by atoms with E-state index in [9.17, 15) is 9.90 Å². The van der Waals surface area contributed by atoms with Crippen molar-refractivity contribution in [3.63, 3.8) is 0 Å². The zero-order chi connectivity index (χ0) is 13.7. The molecule has 1 aliphatic heterocycles. The lowest BCUT2D eigenvalue weighted by Crippen LogP contribution is -2.52. The van der Waals surface area contributed by atoms with Gasteiger partial charge in [0, 0.05) is 5.92 Å². The third-order valence-electron chi connectivity index (χ3n) is 4.50. The number of ether oxygens (including phenoxy) is 1. The van der Waals surface area contributed by atoms with Gasteiger partial charge in [0.15, 0.2) is 0 Å². The Morgan fingerprint density at radius 2 is 1.89 bits per heavy atom. The number of likely N-dealkylation sites (tertiary alicyclic amines) is 1. The Hall–Kier alpha value is -0.610. The molecule has 1 saturated carbocycles. The number of carbonyl (C=O) groups excluding carboxylic acids is 1. The van der Waals surface area contributed by atoms with Crippen LogP contribution in [-0.2, 0) is 9.53 Å². The lowest BCUT2D eigenvalue weighted by atomic mass is 9.80. The Balaban J connectivity index is 2.09. The molecule has 2 fully saturated rings. The van der Waals surface area contributed by atoms with Crippen molar-refractivity contribution in [2.75, 3.05) is 19.7 Å². The molecule has 0 spiro atoms. The van der Waals surface area contributed by atoms with E-state index in [1.807, 2.05) is 6.92 Å². The van der Waals surface area contributed by atoms with Gasteiger partial charge in [0.25, 0.3) is 0 Å². The molecule has 1 saturated heterocycles. The quantitative estimate of drug-likeness (QED) is 0.793. The van der Waals surface area contributed by atoms with E-state index in [-0.39, 0.29) is 24.0 Å². The van der Waals surface area contributed by atoms with Gasteiger partial charge in [0.05, 0.1) is 12.7 Å². The predicted molar refractivity (Wildman–Crippen MR) is 73.8 cm³/mol. The van der Waals surface area contributed by atoms with E-state index in [1.165, 1.54) is 6.42 Å². The van der Waals surface area contributed by atoms with Gasteiger partial charge < -0.3 is 9.84 Å². The molecule has 0 amide bonds. The number of nitrogens with zero attached hydrogens (tertiary/aromatic N) is 1. The average Bonchev–Trinajstić information content (AvgIpc) is 2.43. The standard InChI is InChI=1S/C15H27NO3/c1-2-19-15(18)14(16-10-6-3-7-11-16)12-8-4-5-9-13(12)17/h12-14,17H,2-11H2,1H3/t12-,13-,14-/m0/s1. The maximum absolute atomic E-state index is 12.3. The van der Waals surface area contributed by atoms with Gasteiger partial charge in [-0.2, -0.15) is 0 Å². The Labute approximate surface area is 116 Å². The Morgan fingerprint density at radius 3 is 2.53 bits per heavy atom. The minimum atomic E-state index is -0.343. The molecular weight excluding hydrogens is 242 g/mol. The normalized spacial score (nSPS) is 30.8. The van der Waals surface area contributed by atoms with Gasteiger partial charge in [0.2, 0.25) is 0 Å². The second-order valence-electron chi connectivity index (χ2n) is 5.81. The first-order valence-corrected chi connectivity index (χ1v) is 7.82. The first kappa shape index (κ1) is 14.8. The van der Waals surface area contributed by atoms with E-state index in [1.54, 1.807) is 0 Å². The van der Waals surface area contributed by atoms with Crippen LogP contribution in [0.4, 0.5) is 0 Å². The number of hydrogen-bond acceptors (Lipinski definition) is 4. The zero-order valence-corrected chi connectivity index (χ0v) is 12.0. The van der Waals surface area contributed by atoms with Crippen molar-refractivity contribution in [2.24, 2.45) is 5.92 Å². The summed E-state index contributed by atoms with van der Waals surface area (Å²) in [7, 11) is 0. The molecule has 0 aromatic rings. The topological polar surface area (TPSA) is 49.8 Å². The van der Waals surface area contributed by atoms with E-state index in [0.29, 0.717) is 6.61 Å². The maximum atomic E-state index is 12.3. The summed E-state index contributed by atoms with van der Waals surface area (Å²) in [4.78, 5) is 14.6. The molecule has 1 heterocycles. The van der Waals surface area contributed by atoms with Crippen LogP contribution in [0.5, 0.6) is 0 Å². The van der Waals surface area contributed by atoms with E-state index in [0.717, 1.165) is 51.6 Å². The molecule has 0 bridgehead atoms. The summed E-state index contributed by atoms with van der Waals surface area (Å²) < 4.78 is 5.27. The van der Waals surface area contributed by atoms with Crippen molar-refractivity contribution < 1.29 is 14.6 Å². The molecule has 0 radical (unpaired) electrons. The van der Waals surface area contributed by atoms with Crippen LogP contribution in [0.15, 0.2) is 0 Å². The van der Waals surface area contributed by atoms with E-state index >= 15 is 0 Å². The predicted octanol–water partition coefficient (Wildman–Crippen LogP) is 1.96. The monoisotopic (exact) mass is 269 g/mol. The molecule has 19 heavy (non-hydrogen) atoms. The largest absolute Gasteiger partial charge is 0.465 e. The smallest absolute Gasteiger partial charge is 0.323 e. The van der Waals surface area contributed by atoms with Crippen molar-refractivity contribution in [1.82, 2.24) is 4.90 Å². The van der Waals surface area contributed by atoms with E-state index in [4.69, 9.17) is 4.74 Å². The fraction of sp³-hybridized carbons (Fsp3) is 0.933. The summed E-state index contributed by atoms with van der Waals surface area (Å²) in [6.45, 7) is 4.20. The summed E-state index contributed by atoms with van der Waals surface area (Å²) >= 11 is 0. The van der Waals surface area contributed by atoms with Gasteiger partial charge in [-0.05, 0) is 45.7 Å². The lowest BCUT2D eigenvalue weighted by Gasteiger charge is -2.40. The van der Waals surface area contributed by atoms with Crippen molar-refractivity contribution in [3.05, 3.63) is 0 Å². The molecule has 110 valence electrons. The number of esters is 1. The SMILES string of the molecule is CCOC(=O)[C@H]([C@H]1CCCC[C@@H]1O)N1CCCCC1. The van der Waals surface area contributed by atoms with Crippen molar-refractivity contribution in [3.8, 4) is 0 Å². The second kappa shape index (κ2) is 7.25. The number of carbonyl (C=O) groups is 1. The summed E-state index contributed by atoms with van der Waals surface area (Å²) in [6.07, 6.45) is 7.18. The Kier molecular flexibility index (Phi) is 5.64. The highest BCUT2D eigenvalue weighted by Gasteiger charge is 2.40. The van der Waals surface area contributed by atoms with Crippen LogP contribution < -0.4 is 0 Å². The first-order chi connectivity index (χ1) is 9.24. The van der Waals surface area contributed by atoms with Gasteiger partial charge in [-0.3, -0.25) is 9.69 Å². The molecule has 1 N–H and O–H groups in total. The van der Waals surface area contributed by atoms with Gasteiger partial charge in [-0.25, -0.2) is 0 Å². The fourth-order valence-corrected chi connectivity index (χ4v) is 3.53. The van der Waals surface area contributed by atoms with Gasteiger partial charge in [-0.15, -0.1) is 0 Å². The lowest BCUT2D eigenvalue weighted by molar-refractivity contribution is -0.155. The van der Waals surface area contributed by atoms with Crippen LogP contribution >= 0.6 is 0 Å². The zero-order valence-electron chi connectivity index (χ0n) is 12.0. The molecule has 4 nitrogen and oxygen atoms in total. The molecule has 3 atom stereocenters. The van der Waals surface area contributed by atoms with Crippen molar-refractivity contribution in [1.29, 1.82) is 0 Å². The second-order valence-corrected chi connectivity index (χ2v) is 5.81. The highest BCUT2D eigenvalue weighted by molar-refractivity contribution is 5.76. The molecule has 0 unspecified atom stereocenters. The number of aliphatic hydroxyl groups excluding tert-OH is 1. The first-order valence-electron chi connectivity index (χ1n) is 7.82. The van der Waals surface area contributed by atoms with Gasteiger partial charge >= 0.3 is 5.97 Å². The molecule has 2 rings (SSSR count). The molecular formula is C15H27NO3. The van der Waals surface area contributed by atoms with Crippen LogP contribution in [0, 0.1) is 5.92 Å². The Bertz CT molecular complexity index is 289. The number of rotatable bonds is 4. The minimum absolute atomic E-state index is 0.0610. The van der Waals surface area contributed by atoms with Crippen LogP contribution in [0.2, 0.25) is 0 Å². The van der Waals surface area contributed by atoms with Crippen molar-refractivity contribution >= 4 is 5.97 Å². The van der Waals surface area contributed by atoms with E-state index in [2.05, 4.69) is 4.90 Å².